The van der Waals surface area contributed by atoms with E-state index < -0.39 is 0 Å². The van der Waals surface area contributed by atoms with E-state index in [4.69, 9.17) is 0 Å². The van der Waals surface area contributed by atoms with Crippen molar-refractivity contribution in [3.05, 3.63) is 30.1 Å². The summed E-state index contributed by atoms with van der Waals surface area (Å²) in [4.78, 5) is 6.98. The number of rotatable bonds is 4. The molecular weight excluding hydrogens is 305 g/mol. The molecule has 1 saturated carbocycles. The monoisotopic (exact) mass is 333 g/mol. The number of aliphatic hydroxyl groups is 1. The molecule has 24 heavy (non-hydrogen) atoms. The molecule has 2 heterocycles. The molecule has 0 radical (unpaired) electrons. The normalized spacial score (nSPS) is 29.8. The maximum atomic E-state index is 13.9. The van der Waals surface area contributed by atoms with E-state index in [1.54, 1.807) is 6.07 Å². The molecule has 3 fully saturated rings. The number of likely N-dealkylation sites (tertiary alicyclic amines) is 1. The zero-order valence-corrected chi connectivity index (χ0v) is 14.3. The van der Waals surface area contributed by atoms with Gasteiger partial charge in [-0.2, -0.15) is 0 Å². The largest absolute Gasteiger partial charge is 0.390 e. The van der Waals surface area contributed by atoms with E-state index in [1.165, 1.54) is 25.5 Å². The highest BCUT2D eigenvalue weighted by atomic mass is 19.1. The number of piperazine rings is 1. The maximum absolute atomic E-state index is 13.9. The summed E-state index contributed by atoms with van der Waals surface area (Å²) in [6, 6.07) is 7.28. The van der Waals surface area contributed by atoms with Gasteiger partial charge in [-0.3, -0.25) is 4.90 Å². The van der Waals surface area contributed by atoms with E-state index in [0.29, 0.717) is 5.69 Å². The van der Waals surface area contributed by atoms with E-state index >= 15 is 0 Å². The standard InChI is InChI=1S/C19H28FN3O/c20-16-3-1-2-4-17(16)22-9-11-23(12-10-22)18-7-8-21(14-19(18)24)13-15-5-6-15/h1-4,15,18-19,24H,5-14H2/t18-,19-/m1/s1. The molecule has 0 amide bonds. The summed E-state index contributed by atoms with van der Waals surface area (Å²) in [5, 5.41) is 10.6. The Labute approximate surface area is 143 Å². The fourth-order valence-electron chi connectivity index (χ4n) is 4.24. The maximum Gasteiger partial charge on any atom is 0.146 e. The number of nitrogens with zero attached hydrogens (tertiary/aromatic N) is 3. The van der Waals surface area contributed by atoms with Crippen molar-refractivity contribution >= 4 is 5.69 Å². The van der Waals surface area contributed by atoms with Crippen LogP contribution in [0.5, 0.6) is 0 Å². The number of hydrogen-bond donors (Lipinski definition) is 1. The molecule has 3 aliphatic rings. The number of benzene rings is 1. The van der Waals surface area contributed by atoms with Crippen molar-refractivity contribution < 1.29 is 9.50 Å². The second-order valence-corrected chi connectivity index (χ2v) is 7.60. The minimum Gasteiger partial charge on any atom is -0.390 e. The molecule has 0 spiro atoms. The van der Waals surface area contributed by atoms with Gasteiger partial charge in [0.15, 0.2) is 0 Å². The van der Waals surface area contributed by atoms with E-state index in [-0.39, 0.29) is 18.0 Å². The van der Waals surface area contributed by atoms with Crippen LogP contribution in [0, 0.1) is 11.7 Å². The quantitative estimate of drug-likeness (QED) is 0.910. The fourth-order valence-corrected chi connectivity index (χ4v) is 4.24. The molecule has 0 unspecified atom stereocenters. The van der Waals surface area contributed by atoms with Gasteiger partial charge in [0.05, 0.1) is 11.8 Å². The van der Waals surface area contributed by atoms with Gasteiger partial charge in [-0.15, -0.1) is 0 Å². The van der Waals surface area contributed by atoms with E-state index in [9.17, 15) is 9.50 Å². The van der Waals surface area contributed by atoms with Crippen molar-refractivity contribution in [2.45, 2.75) is 31.4 Å². The first-order valence-corrected chi connectivity index (χ1v) is 9.34. The lowest BCUT2D eigenvalue weighted by atomic mass is 9.99. The molecule has 132 valence electrons. The Morgan fingerprint density at radius 1 is 1.00 bits per heavy atom. The molecule has 2 saturated heterocycles. The second kappa shape index (κ2) is 6.98. The van der Waals surface area contributed by atoms with Crippen LogP contribution in [0.4, 0.5) is 10.1 Å². The summed E-state index contributed by atoms with van der Waals surface area (Å²) in [5.41, 5.74) is 0.706. The number of halogens is 1. The molecule has 1 aromatic rings. The summed E-state index contributed by atoms with van der Waals surface area (Å²) in [7, 11) is 0. The van der Waals surface area contributed by atoms with Crippen LogP contribution >= 0.6 is 0 Å². The predicted octanol–water partition coefficient (Wildman–Crippen LogP) is 1.79. The SMILES string of the molecule is O[C@@H]1CN(CC2CC2)CC[C@H]1N1CCN(c2ccccc2F)CC1. The first kappa shape index (κ1) is 16.3. The highest BCUT2D eigenvalue weighted by Gasteiger charge is 2.35. The van der Waals surface area contributed by atoms with Gasteiger partial charge in [0, 0.05) is 45.3 Å². The second-order valence-electron chi connectivity index (χ2n) is 7.60. The lowest BCUT2D eigenvalue weighted by Gasteiger charge is -2.45. The fraction of sp³-hybridized carbons (Fsp3) is 0.684. The third kappa shape index (κ3) is 3.58. The summed E-state index contributed by atoms with van der Waals surface area (Å²) < 4.78 is 13.9. The van der Waals surface area contributed by atoms with Gasteiger partial charge < -0.3 is 14.9 Å². The van der Waals surface area contributed by atoms with Crippen molar-refractivity contribution in [1.29, 1.82) is 0 Å². The number of para-hydroxylation sites is 1. The van der Waals surface area contributed by atoms with Gasteiger partial charge in [-0.1, -0.05) is 12.1 Å². The number of β-amino-alcohol motifs (C(OH)–C–C–N with tert-alkyl or cyclic N) is 1. The van der Waals surface area contributed by atoms with Crippen molar-refractivity contribution in [1.82, 2.24) is 9.80 Å². The number of hydrogen-bond acceptors (Lipinski definition) is 4. The number of anilines is 1. The lowest BCUT2D eigenvalue weighted by Crippen LogP contribution is -2.59. The van der Waals surface area contributed by atoms with Crippen LogP contribution < -0.4 is 4.90 Å². The molecular formula is C19H28FN3O. The molecule has 4 rings (SSSR count). The highest BCUT2D eigenvalue weighted by molar-refractivity contribution is 5.48. The first-order valence-electron chi connectivity index (χ1n) is 9.34. The Balaban J connectivity index is 1.30. The zero-order chi connectivity index (χ0) is 16.5. The minimum atomic E-state index is -0.252. The van der Waals surface area contributed by atoms with Crippen LogP contribution in [0.2, 0.25) is 0 Å². The topological polar surface area (TPSA) is 30.0 Å². The lowest BCUT2D eigenvalue weighted by molar-refractivity contribution is -0.0159. The third-order valence-electron chi connectivity index (χ3n) is 5.82. The Morgan fingerprint density at radius 2 is 1.75 bits per heavy atom. The Kier molecular flexibility index (Phi) is 4.74. The van der Waals surface area contributed by atoms with Crippen LogP contribution in [-0.4, -0.2) is 72.9 Å². The number of piperidine rings is 1. The summed E-state index contributed by atoms with van der Waals surface area (Å²) >= 11 is 0. The van der Waals surface area contributed by atoms with Gasteiger partial charge >= 0.3 is 0 Å². The van der Waals surface area contributed by atoms with Crippen LogP contribution in [0.1, 0.15) is 19.3 Å². The molecule has 0 aromatic heterocycles. The summed E-state index contributed by atoms with van der Waals surface area (Å²) in [6.07, 6.45) is 3.54. The molecule has 1 aromatic carbocycles. The van der Waals surface area contributed by atoms with Gasteiger partial charge in [0.2, 0.25) is 0 Å². The summed E-state index contributed by atoms with van der Waals surface area (Å²) in [6.45, 7) is 6.55. The molecule has 0 bridgehead atoms. The van der Waals surface area contributed by atoms with Crippen molar-refractivity contribution in [3.63, 3.8) is 0 Å². The van der Waals surface area contributed by atoms with E-state index in [1.807, 2.05) is 12.1 Å². The highest BCUT2D eigenvalue weighted by Crippen LogP contribution is 2.31. The Morgan fingerprint density at radius 3 is 2.42 bits per heavy atom. The Hall–Kier alpha value is -1.17. The molecule has 2 atom stereocenters. The van der Waals surface area contributed by atoms with Crippen LogP contribution in [-0.2, 0) is 0 Å². The van der Waals surface area contributed by atoms with Crippen molar-refractivity contribution in [2.24, 2.45) is 5.92 Å². The molecule has 4 nitrogen and oxygen atoms in total. The van der Waals surface area contributed by atoms with Crippen molar-refractivity contribution in [3.8, 4) is 0 Å². The average molecular weight is 333 g/mol. The van der Waals surface area contributed by atoms with Crippen molar-refractivity contribution in [2.75, 3.05) is 50.7 Å². The first-order chi connectivity index (χ1) is 11.7. The van der Waals surface area contributed by atoms with Gasteiger partial charge in [-0.25, -0.2) is 4.39 Å². The van der Waals surface area contributed by atoms with Crippen LogP contribution in [0.25, 0.3) is 0 Å². The van der Waals surface area contributed by atoms with Gasteiger partial charge in [0.1, 0.15) is 5.82 Å². The summed E-state index contributed by atoms with van der Waals surface area (Å²) in [5.74, 6) is 0.748. The predicted molar refractivity (Wildman–Crippen MR) is 93.8 cm³/mol. The molecule has 2 aliphatic heterocycles. The third-order valence-corrected chi connectivity index (χ3v) is 5.82. The number of aliphatic hydroxyl groups excluding tert-OH is 1. The molecule has 1 aliphatic carbocycles. The van der Waals surface area contributed by atoms with Crippen LogP contribution in [0.15, 0.2) is 24.3 Å². The average Bonchev–Trinajstić information content (AvgIpc) is 3.40. The molecule has 1 N–H and O–H groups in total. The van der Waals surface area contributed by atoms with E-state index in [0.717, 1.165) is 51.6 Å². The van der Waals surface area contributed by atoms with Gasteiger partial charge in [-0.05, 0) is 43.9 Å². The van der Waals surface area contributed by atoms with Crippen LogP contribution in [0.3, 0.4) is 0 Å². The smallest absolute Gasteiger partial charge is 0.146 e. The minimum absolute atomic E-state index is 0.139. The molecule has 5 heteroatoms. The zero-order valence-electron chi connectivity index (χ0n) is 14.3. The van der Waals surface area contributed by atoms with E-state index in [2.05, 4.69) is 14.7 Å². The van der Waals surface area contributed by atoms with Gasteiger partial charge in [0.25, 0.3) is 0 Å². The Bertz CT molecular complexity index is 557.